The molecule has 0 amide bonds. The molecule has 0 aromatic carbocycles. The predicted molar refractivity (Wildman–Crippen MR) is 73.4 cm³/mol. The molecule has 0 aliphatic carbocycles. The van der Waals surface area contributed by atoms with Gasteiger partial charge in [0.25, 0.3) is 0 Å². The van der Waals surface area contributed by atoms with Gasteiger partial charge in [-0.05, 0) is 32.9 Å². The number of hydrogen-bond acceptors (Lipinski definition) is 4. The zero-order valence-corrected chi connectivity index (χ0v) is 11.1. The molecule has 2 heterocycles. The maximum atomic E-state index is 6.01. The quantitative estimate of drug-likeness (QED) is 0.865. The summed E-state index contributed by atoms with van der Waals surface area (Å²) in [5.74, 6) is 0.873. The first-order chi connectivity index (χ1) is 8.61. The van der Waals surface area contributed by atoms with Gasteiger partial charge < -0.3 is 11.1 Å². The van der Waals surface area contributed by atoms with Crippen molar-refractivity contribution in [2.75, 3.05) is 11.1 Å². The first-order valence-corrected chi connectivity index (χ1v) is 6.11. The Morgan fingerprint density at radius 3 is 2.78 bits per heavy atom. The molecular weight excluding hydrogens is 226 g/mol. The van der Waals surface area contributed by atoms with E-state index in [9.17, 15) is 0 Å². The number of nitrogens with zero attached hydrogens (tertiary/aromatic N) is 3. The van der Waals surface area contributed by atoms with Gasteiger partial charge in [-0.2, -0.15) is 5.10 Å². The lowest BCUT2D eigenvalue weighted by atomic mass is 10.3. The number of anilines is 2. The third-order valence-electron chi connectivity index (χ3n) is 2.86. The summed E-state index contributed by atoms with van der Waals surface area (Å²) < 4.78 is 1.88. The minimum absolute atomic E-state index is 0.650. The van der Waals surface area contributed by atoms with Crippen LogP contribution in [0.1, 0.15) is 24.0 Å². The topological polar surface area (TPSA) is 68.8 Å². The second-order valence-electron chi connectivity index (χ2n) is 4.29. The van der Waals surface area contributed by atoms with Crippen molar-refractivity contribution >= 4 is 11.5 Å². The van der Waals surface area contributed by atoms with E-state index in [4.69, 9.17) is 5.73 Å². The van der Waals surface area contributed by atoms with Crippen LogP contribution in [0, 0.1) is 13.8 Å². The molecule has 3 N–H and O–H groups in total. The van der Waals surface area contributed by atoms with Gasteiger partial charge in [-0.15, -0.1) is 0 Å². The SMILES string of the molecule is CCn1nc(C)c(N)c1NCc1cccc(C)n1. The Kier molecular flexibility index (Phi) is 3.50. The van der Waals surface area contributed by atoms with Crippen LogP contribution in [-0.2, 0) is 13.1 Å². The Morgan fingerprint density at radius 1 is 1.33 bits per heavy atom. The van der Waals surface area contributed by atoms with E-state index >= 15 is 0 Å². The number of aromatic nitrogens is 3. The van der Waals surface area contributed by atoms with Gasteiger partial charge in [-0.1, -0.05) is 6.07 Å². The molecule has 0 radical (unpaired) electrons. The predicted octanol–water partition coefficient (Wildman–Crippen LogP) is 2.11. The third-order valence-corrected chi connectivity index (χ3v) is 2.86. The highest BCUT2D eigenvalue weighted by Crippen LogP contribution is 2.22. The Morgan fingerprint density at radius 2 is 2.11 bits per heavy atom. The molecule has 0 aliphatic heterocycles. The maximum Gasteiger partial charge on any atom is 0.148 e. The van der Waals surface area contributed by atoms with Crippen LogP contribution in [0.2, 0.25) is 0 Å². The lowest BCUT2D eigenvalue weighted by molar-refractivity contribution is 0.657. The molecule has 5 heteroatoms. The largest absolute Gasteiger partial charge is 0.394 e. The van der Waals surface area contributed by atoms with E-state index in [1.807, 2.05) is 43.7 Å². The number of rotatable bonds is 4. The van der Waals surface area contributed by atoms with Crippen molar-refractivity contribution < 1.29 is 0 Å². The number of pyridine rings is 1. The second-order valence-corrected chi connectivity index (χ2v) is 4.29. The smallest absolute Gasteiger partial charge is 0.148 e. The van der Waals surface area contributed by atoms with E-state index in [1.54, 1.807) is 0 Å². The molecule has 2 aromatic heterocycles. The van der Waals surface area contributed by atoms with E-state index in [2.05, 4.69) is 15.4 Å². The Labute approximate surface area is 107 Å². The Balaban J connectivity index is 2.15. The molecule has 5 nitrogen and oxygen atoms in total. The maximum absolute atomic E-state index is 6.01. The molecule has 2 aromatic rings. The average molecular weight is 245 g/mol. The summed E-state index contributed by atoms with van der Waals surface area (Å²) in [4.78, 5) is 4.45. The molecule has 0 saturated carbocycles. The summed E-state index contributed by atoms with van der Waals surface area (Å²) >= 11 is 0. The van der Waals surface area contributed by atoms with Gasteiger partial charge in [0, 0.05) is 12.2 Å². The minimum Gasteiger partial charge on any atom is -0.394 e. The second kappa shape index (κ2) is 5.08. The third kappa shape index (κ3) is 2.45. The number of nitrogen functional groups attached to an aromatic ring is 1. The van der Waals surface area contributed by atoms with Crippen LogP contribution in [0.4, 0.5) is 11.5 Å². The lowest BCUT2D eigenvalue weighted by Gasteiger charge is -2.09. The molecule has 2 rings (SSSR count). The molecule has 18 heavy (non-hydrogen) atoms. The molecule has 0 atom stereocenters. The lowest BCUT2D eigenvalue weighted by Crippen LogP contribution is -2.09. The van der Waals surface area contributed by atoms with Gasteiger partial charge in [0.2, 0.25) is 0 Å². The van der Waals surface area contributed by atoms with Crippen molar-refractivity contribution in [3.05, 3.63) is 35.3 Å². The summed E-state index contributed by atoms with van der Waals surface area (Å²) in [6.45, 7) is 7.39. The van der Waals surface area contributed by atoms with Crippen LogP contribution in [0.25, 0.3) is 0 Å². The zero-order chi connectivity index (χ0) is 13.1. The Bertz CT molecular complexity index is 544. The van der Waals surface area contributed by atoms with Crippen LogP contribution in [0.15, 0.2) is 18.2 Å². The van der Waals surface area contributed by atoms with Gasteiger partial charge in [0.15, 0.2) is 0 Å². The summed E-state index contributed by atoms with van der Waals surface area (Å²) in [7, 11) is 0. The fraction of sp³-hybridized carbons (Fsp3) is 0.385. The highest BCUT2D eigenvalue weighted by atomic mass is 15.3. The molecule has 0 bridgehead atoms. The number of aryl methyl sites for hydroxylation is 3. The van der Waals surface area contributed by atoms with E-state index in [0.29, 0.717) is 12.2 Å². The number of nitrogens with one attached hydrogen (secondary N) is 1. The first-order valence-electron chi connectivity index (χ1n) is 6.11. The van der Waals surface area contributed by atoms with Gasteiger partial charge in [-0.3, -0.25) is 4.98 Å². The van der Waals surface area contributed by atoms with Gasteiger partial charge in [0.1, 0.15) is 5.82 Å². The van der Waals surface area contributed by atoms with E-state index in [-0.39, 0.29) is 0 Å². The molecule has 0 saturated heterocycles. The fourth-order valence-corrected chi connectivity index (χ4v) is 1.88. The van der Waals surface area contributed by atoms with Crippen molar-refractivity contribution in [1.82, 2.24) is 14.8 Å². The Hall–Kier alpha value is -2.04. The minimum atomic E-state index is 0.650. The van der Waals surface area contributed by atoms with Gasteiger partial charge in [-0.25, -0.2) is 4.68 Å². The summed E-state index contributed by atoms with van der Waals surface area (Å²) in [6, 6.07) is 5.99. The van der Waals surface area contributed by atoms with Crippen molar-refractivity contribution in [3.8, 4) is 0 Å². The monoisotopic (exact) mass is 245 g/mol. The van der Waals surface area contributed by atoms with Crippen LogP contribution in [0.3, 0.4) is 0 Å². The molecule has 0 fully saturated rings. The van der Waals surface area contributed by atoms with Crippen LogP contribution < -0.4 is 11.1 Å². The molecule has 0 unspecified atom stereocenters. The first kappa shape index (κ1) is 12.4. The normalized spacial score (nSPS) is 10.6. The standard InChI is InChI=1S/C13H19N5/c1-4-18-13(12(14)10(3)17-18)15-8-11-7-5-6-9(2)16-11/h5-7,15H,4,8,14H2,1-3H3. The van der Waals surface area contributed by atoms with E-state index < -0.39 is 0 Å². The van der Waals surface area contributed by atoms with Gasteiger partial charge in [0.05, 0.1) is 23.6 Å². The van der Waals surface area contributed by atoms with E-state index in [1.165, 1.54) is 0 Å². The van der Waals surface area contributed by atoms with Crippen molar-refractivity contribution in [3.63, 3.8) is 0 Å². The average Bonchev–Trinajstić information content (AvgIpc) is 2.63. The molecule has 0 aliphatic rings. The van der Waals surface area contributed by atoms with Crippen molar-refractivity contribution in [2.24, 2.45) is 0 Å². The van der Waals surface area contributed by atoms with E-state index in [0.717, 1.165) is 29.4 Å². The number of nitrogens with two attached hydrogens (primary N) is 1. The summed E-state index contributed by atoms with van der Waals surface area (Å²) in [5.41, 5.74) is 9.59. The zero-order valence-electron chi connectivity index (χ0n) is 11.1. The summed E-state index contributed by atoms with van der Waals surface area (Å²) in [6.07, 6.45) is 0. The van der Waals surface area contributed by atoms with Crippen molar-refractivity contribution in [2.45, 2.75) is 33.9 Å². The number of hydrogen-bond donors (Lipinski definition) is 2. The highest BCUT2D eigenvalue weighted by molar-refractivity contribution is 5.64. The highest BCUT2D eigenvalue weighted by Gasteiger charge is 2.10. The van der Waals surface area contributed by atoms with Crippen LogP contribution in [0.5, 0.6) is 0 Å². The summed E-state index contributed by atoms with van der Waals surface area (Å²) in [5, 5.41) is 7.68. The van der Waals surface area contributed by atoms with Crippen LogP contribution >= 0.6 is 0 Å². The molecule has 0 spiro atoms. The van der Waals surface area contributed by atoms with Crippen LogP contribution in [-0.4, -0.2) is 14.8 Å². The molecule has 96 valence electrons. The van der Waals surface area contributed by atoms with Gasteiger partial charge >= 0.3 is 0 Å². The molecular formula is C13H19N5. The fourth-order valence-electron chi connectivity index (χ4n) is 1.88. The van der Waals surface area contributed by atoms with Crippen molar-refractivity contribution in [1.29, 1.82) is 0 Å².